The molecule has 3 aromatic carbocycles. The van der Waals surface area contributed by atoms with Crippen LogP contribution in [-0.2, 0) is 162 Å². The molecule has 1 aliphatic rings. The van der Waals surface area contributed by atoms with Gasteiger partial charge in [0.1, 0.15) is 23.7 Å². The number of nitrogens with one attached hydrogen (secondary N) is 1. The number of Topliss-reactive ketones (excluding diaryl/α,β-unsaturated/α-hetero) is 1. The number of rotatable bonds is 89. The summed E-state index contributed by atoms with van der Waals surface area (Å²) >= 11 is 0. The van der Waals surface area contributed by atoms with Crippen LogP contribution < -0.4 is 15.7 Å². The van der Waals surface area contributed by atoms with Gasteiger partial charge in [-0.15, -0.1) is 20.4 Å². The molecule has 0 unspecified atom stereocenters. The molecule has 734 valence electrons. The van der Waals surface area contributed by atoms with Crippen molar-refractivity contribution in [3.8, 4) is 17.1 Å². The number of nitrogens with zero attached hydrogens (tertiary/aromatic N) is 6. The number of imide groups is 1. The van der Waals surface area contributed by atoms with Gasteiger partial charge in [-0.1, -0.05) is 36.4 Å². The van der Waals surface area contributed by atoms with Crippen molar-refractivity contribution in [2.24, 2.45) is 0 Å². The van der Waals surface area contributed by atoms with Gasteiger partial charge < -0.3 is 138 Å². The first kappa shape index (κ1) is 111. The molecule has 0 atom stereocenters. The lowest BCUT2D eigenvalue weighted by atomic mass is 10.1. The first-order valence-corrected chi connectivity index (χ1v) is 44.6. The Morgan fingerprint density at radius 1 is 0.389 bits per heavy atom. The Morgan fingerprint density at radius 3 is 1.12 bits per heavy atom. The van der Waals surface area contributed by atoms with E-state index in [1.165, 1.54) is 23.1 Å². The van der Waals surface area contributed by atoms with Crippen LogP contribution in [0.2, 0.25) is 0 Å². The molecule has 3 heterocycles. The Labute approximate surface area is 765 Å². The van der Waals surface area contributed by atoms with E-state index in [1.54, 1.807) is 73.7 Å². The van der Waals surface area contributed by atoms with Crippen LogP contribution in [0.5, 0.6) is 5.75 Å². The Morgan fingerprint density at radius 2 is 0.748 bits per heavy atom. The van der Waals surface area contributed by atoms with Gasteiger partial charge in [-0.2, -0.15) is 0 Å². The highest BCUT2D eigenvalue weighted by molar-refractivity contribution is 6.13. The highest BCUT2D eigenvalue weighted by atomic mass is 16.6. The third-order valence-electron chi connectivity index (χ3n) is 18.1. The van der Waals surface area contributed by atoms with Gasteiger partial charge >= 0.3 is 17.7 Å². The molecule has 2 aromatic heterocycles. The number of fused-ring (bicyclic) bond motifs is 1. The Kier molecular flexibility index (Phi) is 65.4. The van der Waals surface area contributed by atoms with Crippen LogP contribution >= 0.6 is 0 Å². The number of anilines is 1. The maximum atomic E-state index is 13.1. The minimum Gasteiger partial charge on any atom is -0.461 e. The molecule has 0 bridgehead atoms. The van der Waals surface area contributed by atoms with Crippen molar-refractivity contribution < 1.29 is 156 Å². The molecular weight excluding hydrogens is 1720 g/mol. The van der Waals surface area contributed by atoms with Crippen molar-refractivity contribution in [1.82, 2.24) is 30.2 Å². The first-order valence-electron chi connectivity index (χ1n) is 44.6. The third kappa shape index (κ3) is 57.7. The zero-order chi connectivity index (χ0) is 92.8. The average molecular weight is 1860 g/mol. The van der Waals surface area contributed by atoms with E-state index >= 15 is 0 Å². The van der Waals surface area contributed by atoms with Crippen LogP contribution in [0.15, 0.2) is 94.2 Å². The second-order valence-electron chi connectivity index (χ2n) is 28.2. The van der Waals surface area contributed by atoms with Crippen LogP contribution in [0.4, 0.5) is 10.5 Å². The quantitative estimate of drug-likeness (QED) is 0.0230. The summed E-state index contributed by atoms with van der Waals surface area (Å²) in [4.78, 5) is 87.7. The zero-order valence-electron chi connectivity index (χ0n) is 76.0. The van der Waals surface area contributed by atoms with Crippen LogP contribution in [0, 0.1) is 6.92 Å². The summed E-state index contributed by atoms with van der Waals surface area (Å²) in [5, 5.41) is 20.4. The molecule has 0 saturated heterocycles. The lowest BCUT2D eigenvalue weighted by Gasteiger charge is -2.19. The Hall–Kier alpha value is -8.39. The number of aryl methyl sites for hydroxylation is 1. The Bertz CT molecular complexity index is 3860. The number of ketones is 1. The molecule has 1 N–H and O–H groups in total. The van der Waals surface area contributed by atoms with Crippen LogP contribution in [-0.4, -0.2) is 396 Å². The summed E-state index contributed by atoms with van der Waals surface area (Å²) in [6.07, 6.45) is 2.94. The summed E-state index contributed by atoms with van der Waals surface area (Å²) in [7, 11) is 0. The minimum absolute atomic E-state index is 0.00117. The van der Waals surface area contributed by atoms with Gasteiger partial charge in [0.15, 0.2) is 5.82 Å². The van der Waals surface area contributed by atoms with E-state index in [0.29, 0.717) is 351 Å². The summed E-state index contributed by atoms with van der Waals surface area (Å²) in [6, 6.07) is 20.2. The molecule has 0 saturated carbocycles. The number of ether oxygens (including phenoxy) is 26. The number of hydrogen-bond acceptors (Lipinski definition) is 38. The molecule has 0 aliphatic carbocycles. The van der Waals surface area contributed by atoms with Gasteiger partial charge in [0.25, 0.3) is 11.8 Å². The second-order valence-corrected chi connectivity index (χ2v) is 28.2. The highest BCUT2D eigenvalue weighted by Crippen LogP contribution is 2.22. The maximum Gasteiger partial charge on any atom is 0.415 e. The molecule has 6 rings (SSSR count). The van der Waals surface area contributed by atoms with E-state index in [0.717, 1.165) is 15.8 Å². The molecule has 5 aromatic rings. The van der Waals surface area contributed by atoms with Gasteiger partial charge in [0, 0.05) is 67.4 Å². The third-order valence-corrected chi connectivity index (χ3v) is 18.1. The van der Waals surface area contributed by atoms with E-state index in [9.17, 15) is 33.6 Å². The predicted molar refractivity (Wildman–Crippen MR) is 470 cm³/mol. The van der Waals surface area contributed by atoms with Gasteiger partial charge in [-0.3, -0.25) is 28.9 Å². The number of amides is 4. The monoisotopic (exact) mass is 1860 g/mol. The lowest BCUT2D eigenvalue weighted by molar-refractivity contribution is -0.144. The summed E-state index contributed by atoms with van der Waals surface area (Å²) < 4.78 is 149. The molecule has 131 heavy (non-hydrogen) atoms. The molecule has 0 fully saturated rings. The zero-order valence-corrected chi connectivity index (χ0v) is 76.0. The van der Waals surface area contributed by atoms with Crippen molar-refractivity contribution in [1.29, 1.82) is 0 Å². The summed E-state index contributed by atoms with van der Waals surface area (Å²) in [6.45, 7) is 25.0. The normalized spacial score (nSPS) is 12.1. The lowest BCUT2D eigenvalue weighted by Crippen LogP contribution is -2.33. The van der Waals surface area contributed by atoms with Crippen molar-refractivity contribution in [3.05, 3.63) is 118 Å². The molecule has 0 spiro atoms. The SMILES string of the molecule is CCN(Cc1nnc(-c2cccc(NC(=O)CCOCCOCCOCCOCCOCCOCCOCCOCCOCCOCCOCCOCCOCCOCCOCCOCCOCCOCCOCCOCCOCCOCCOCCOCCCC(=O)CCN3C(=O)C=CC3=O)c2)nn1)C(=O)Oc1ccc(COC(=O)Cc2ccc3c(C)cc(=O)oc3c2)cc1. The fourth-order valence-electron chi connectivity index (χ4n) is 11.3. The van der Waals surface area contributed by atoms with Crippen LogP contribution in [0.3, 0.4) is 0 Å². The van der Waals surface area contributed by atoms with E-state index in [2.05, 4.69) is 25.7 Å². The topological polar surface area (TPSA) is 443 Å². The maximum absolute atomic E-state index is 13.1. The first-order chi connectivity index (χ1) is 64.4. The van der Waals surface area contributed by atoms with Gasteiger partial charge in [-0.25, -0.2) is 9.59 Å². The number of benzene rings is 3. The second kappa shape index (κ2) is 77.0. The molecular formula is C90H135N7O34. The van der Waals surface area contributed by atoms with E-state index in [1.807, 2.05) is 6.92 Å². The largest absolute Gasteiger partial charge is 0.461 e. The number of aromatic nitrogens is 4. The fourth-order valence-corrected chi connectivity index (χ4v) is 11.3. The molecule has 41 heteroatoms. The average Bonchev–Trinajstić information content (AvgIpc) is 1.75. The van der Waals surface area contributed by atoms with Crippen LogP contribution in [0.25, 0.3) is 22.4 Å². The van der Waals surface area contributed by atoms with Crippen LogP contribution in [0.1, 0.15) is 55.1 Å². The van der Waals surface area contributed by atoms with Gasteiger partial charge in [-0.05, 0) is 67.3 Å². The van der Waals surface area contributed by atoms with Crippen molar-refractivity contribution in [3.63, 3.8) is 0 Å². The smallest absolute Gasteiger partial charge is 0.415 e. The van der Waals surface area contributed by atoms with Crippen molar-refractivity contribution in [2.75, 3.05) is 336 Å². The van der Waals surface area contributed by atoms with E-state index in [-0.39, 0.29) is 93.0 Å². The van der Waals surface area contributed by atoms with Gasteiger partial charge in [0.2, 0.25) is 11.7 Å². The van der Waals surface area contributed by atoms with Gasteiger partial charge in [0.05, 0.1) is 330 Å². The minimum atomic E-state index is -0.642. The molecule has 1 aliphatic heterocycles. The standard InChI is InChI=1S/C90H135N7O34/c1-3-96(90(104)130-80-12-9-75(10-13-80)73-129-87(102)70-76-11-14-81-74(2)68-88(103)131-82(81)69-76)72-83-92-94-89(95-93-83)77-6-4-7-78(71-77)91-84(99)18-21-106-23-25-108-27-29-110-31-33-112-35-37-114-39-41-116-43-45-118-47-49-120-51-53-122-55-57-124-59-61-126-63-65-128-67-66-127-64-62-125-60-58-123-56-54-121-52-50-119-48-46-117-44-42-115-40-38-113-36-34-111-32-30-109-28-26-107-24-22-105-20-5-8-79(98)17-19-97-85(100)15-16-86(97)101/h4,6-7,9-16,68-69,71H,3,5,8,17-67,70,72-73H2,1-2H3,(H,91,99). The summed E-state index contributed by atoms with van der Waals surface area (Å²) in [5.74, 6) is -0.798. The van der Waals surface area contributed by atoms with Crippen molar-refractivity contribution >= 4 is 52.2 Å². The van der Waals surface area contributed by atoms with E-state index in [4.69, 9.17) is 128 Å². The number of carbonyl (C=O) groups is 6. The molecule has 41 nitrogen and oxygen atoms in total. The summed E-state index contributed by atoms with van der Waals surface area (Å²) in [5.41, 5.74) is 3.15. The van der Waals surface area contributed by atoms with E-state index < -0.39 is 17.7 Å². The highest BCUT2D eigenvalue weighted by Gasteiger charge is 2.24. The molecule has 0 radical (unpaired) electrons. The number of esters is 1. The van der Waals surface area contributed by atoms with Crippen molar-refractivity contribution in [2.45, 2.75) is 59.1 Å². The fraction of sp³-hybridized carbons (Fsp3) is 0.656. The number of carbonyl (C=O) groups excluding carboxylic acids is 6. The Balaban J connectivity index is 0.554. The predicted octanol–water partition coefficient (Wildman–Crippen LogP) is 5.05. The molecule has 4 amide bonds. The number of hydrogen-bond donors (Lipinski definition) is 1.